The molecule has 1 fully saturated rings. The van der Waals surface area contributed by atoms with Gasteiger partial charge in [0.05, 0.1) is 16.7 Å². The molecule has 0 aliphatic carbocycles. The maximum absolute atomic E-state index is 10.6. The zero-order valence-electron chi connectivity index (χ0n) is 11.1. The second-order valence-electron chi connectivity index (χ2n) is 4.80. The fraction of sp³-hybridized carbons (Fsp3) is 0.643. The van der Waals surface area contributed by atoms with E-state index in [1.54, 1.807) is 12.4 Å². The van der Waals surface area contributed by atoms with Crippen molar-refractivity contribution in [2.24, 2.45) is 0 Å². The van der Waals surface area contributed by atoms with Crippen molar-refractivity contribution in [3.05, 3.63) is 29.0 Å². The van der Waals surface area contributed by atoms with E-state index >= 15 is 0 Å². The monoisotopic (exact) mass is 285 g/mol. The third-order valence-electron chi connectivity index (χ3n) is 3.65. The number of aliphatic hydroxyl groups is 1. The number of halogens is 1. The van der Waals surface area contributed by atoms with Crippen LogP contribution in [0.4, 0.5) is 0 Å². The summed E-state index contributed by atoms with van der Waals surface area (Å²) in [7, 11) is 0. The Morgan fingerprint density at radius 2 is 2.26 bits per heavy atom. The minimum atomic E-state index is -0.587. The molecule has 1 aromatic rings. The number of pyridine rings is 1. The van der Waals surface area contributed by atoms with E-state index < -0.39 is 11.7 Å². The predicted molar refractivity (Wildman–Crippen MR) is 73.4 cm³/mol. The van der Waals surface area contributed by atoms with Crippen molar-refractivity contribution in [3.8, 4) is 0 Å². The molecule has 1 aromatic heterocycles. The molecule has 0 saturated carbocycles. The smallest absolute Gasteiger partial charge is 0.0987 e. The maximum Gasteiger partial charge on any atom is 0.0987 e. The lowest BCUT2D eigenvalue weighted by Crippen LogP contribution is -2.50. The molecule has 0 aromatic carbocycles. The second-order valence-corrected chi connectivity index (χ2v) is 5.20. The Bertz CT molecular complexity index is 402. The first-order valence-corrected chi connectivity index (χ1v) is 7.04. The van der Waals surface area contributed by atoms with E-state index in [1.807, 2.05) is 13.0 Å². The number of nitrogens with zero attached hydrogens (tertiary/aromatic N) is 1. The van der Waals surface area contributed by atoms with Crippen LogP contribution < -0.4 is 0 Å². The molecule has 2 rings (SSSR count). The van der Waals surface area contributed by atoms with Crippen LogP contribution in [-0.4, -0.2) is 41.6 Å². The van der Waals surface area contributed by atoms with Gasteiger partial charge in [0.1, 0.15) is 0 Å². The molecule has 0 spiro atoms. The molecule has 1 saturated heterocycles. The molecule has 1 unspecified atom stereocenters. The van der Waals surface area contributed by atoms with Crippen molar-refractivity contribution in [1.29, 1.82) is 0 Å². The molecule has 1 atom stereocenters. The average molecular weight is 286 g/mol. The Morgan fingerprint density at radius 3 is 2.89 bits per heavy atom. The third kappa shape index (κ3) is 3.45. The van der Waals surface area contributed by atoms with Gasteiger partial charge in [0.2, 0.25) is 0 Å². The van der Waals surface area contributed by atoms with Gasteiger partial charge in [-0.1, -0.05) is 11.6 Å². The molecule has 5 heteroatoms. The van der Waals surface area contributed by atoms with E-state index in [0.717, 1.165) is 5.56 Å². The average Bonchev–Trinajstić information content (AvgIpc) is 2.42. The molecule has 0 radical (unpaired) electrons. The van der Waals surface area contributed by atoms with Crippen molar-refractivity contribution < 1.29 is 14.6 Å². The number of aromatic nitrogens is 1. The highest BCUT2D eigenvalue weighted by molar-refractivity contribution is 6.31. The van der Waals surface area contributed by atoms with Crippen molar-refractivity contribution in [2.45, 2.75) is 37.9 Å². The van der Waals surface area contributed by atoms with Crippen LogP contribution in [0.3, 0.4) is 0 Å². The number of aliphatic hydroxyl groups excluding tert-OH is 1. The summed E-state index contributed by atoms with van der Waals surface area (Å²) in [4.78, 5) is 3.95. The van der Waals surface area contributed by atoms with Gasteiger partial charge in [0.15, 0.2) is 0 Å². The molecule has 4 nitrogen and oxygen atoms in total. The predicted octanol–water partition coefficient (Wildman–Crippen LogP) is 2.22. The molecule has 1 N–H and O–H groups in total. The lowest BCUT2D eigenvalue weighted by molar-refractivity contribution is -0.165. The van der Waals surface area contributed by atoms with Crippen LogP contribution in [0.5, 0.6) is 0 Å². The van der Waals surface area contributed by atoms with Gasteiger partial charge in [0.25, 0.3) is 0 Å². The number of hydrogen-bond donors (Lipinski definition) is 1. The molecule has 1 aliphatic heterocycles. The van der Waals surface area contributed by atoms with Crippen molar-refractivity contribution in [2.75, 3.05) is 19.8 Å². The topological polar surface area (TPSA) is 51.6 Å². The van der Waals surface area contributed by atoms with Crippen LogP contribution in [0.15, 0.2) is 18.5 Å². The summed E-state index contributed by atoms with van der Waals surface area (Å²) >= 11 is 6.09. The largest absolute Gasteiger partial charge is 0.390 e. The van der Waals surface area contributed by atoms with E-state index in [-0.39, 0.29) is 0 Å². The molecule has 106 valence electrons. The van der Waals surface area contributed by atoms with Gasteiger partial charge >= 0.3 is 0 Å². The molecular formula is C14H20ClNO3. The molecule has 0 bridgehead atoms. The van der Waals surface area contributed by atoms with Gasteiger partial charge in [-0.05, 0) is 18.6 Å². The van der Waals surface area contributed by atoms with Gasteiger partial charge in [-0.3, -0.25) is 4.98 Å². The first-order chi connectivity index (χ1) is 9.18. The zero-order valence-corrected chi connectivity index (χ0v) is 11.9. The first kappa shape index (κ1) is 14.7. The molecule has 2 heterocycles. The number of rotatable bonds is 5. The summed E-state index contributed by atoms with van der Waals surface area (Å²) < 4.78 is 11.2. The van der Waals surface area contributed by atoms with Crippen LogP contribution in [0.2, 0.25) is 5.02 Å². The Kier molecular flexibility index (Phi) is 5.16. The van der Waals surface area contributed by atoms with Gasteiger partial charge in [-0.15, -0.1) is 0 Å². The van der Waals surface area contributed by atoms with E-state index in [0.29, 0.717) is 44.1 Å². The standard InChI is InChI=1S/C14H20ClNO3/c1-2-19-14(4-7-18-8-5-14)13(17)9-11-3-6-16-10-12(11)15/h3,6,10,13,17H,2,4-5,7-9H2,1H3. The molecule has 0 amide bonds. The Hall–Kier alpha value is -0.680. The highest BCUT2D eigenvalue weighted by atomic mass is 35.5. The first-order valence-electron chi connectivity index (χ1n) is 6.66. The van der Waals surface area contributed by atoms with E-state index in [2.05, 4.69) is 4.98 Å². The SMILES string of the molecule is CCOC1(C(O)Cc2ccncc2Cl)CCOCC1. The lowest BCUT2D eigenvalue weighted by Gasteiger charge is -2.40. The fourth-order valence-corrected chi connectivity index (χ4v) is 2.74. The zero-order chi connectivity index (χ0) is 13.7. The Morgan fingerprint density at radius 1 is 1.53 bits per heavy atom. The lowest BCUT2D eigenvalue weighted by atomic mass is 9.84. The number of ether oxygens (including phenoxy) is 2. The minimum absolute atomic E-state index is 0.474. The van der Waals surface area contributed by atoms with Crippen LogP contribution in [-0.2, 0) is 15.9 Å². The van der Waals surface area contributed by atoms with Crippen LogP contribution in [0, 0.1) is 0 Å². The number of hydrogen-bond acceptors (Lipinski definition) is 4. The summed E-state index contributed by atoms with van der Waals surface area (Å²) in [5.41, 5.74) is 0.384. The Balaban J connectivity index is 2.11. The normalized spacial score (nSPS) is 20.2. The van der Waals surface area contributed by atoms with E-state index in [1.165, 1.54) is 0 Å². The van der Waals surface area contributed by atoms with E-state index in [4.69, 9.17) is 21.1 Å². The molecule has 19 heavy (non-hydrogen) atoms. The fourth-order valence-electron chi connectivity index (χ4n) is 2.54. The van der Waals surface area contributed by atoms with Gasteiger partial charge in [0, 0.05) is 51.5 Å². The third-order valence-corrected chi connectivity index (χ3v) is 3.99. The summed E-state index contributed by atoms with van der Waals surface area (Å²) in [6.07, 6.45) is 4.60. The molecular weight excluding hydrogens is 266 g/mol. The minimum Gasteiger partial charge on any atom is -0.390 e. The Labute approximate surface area is 118 Å². The highest BCUT2D eigenvalue weighted by Gasteiger charge is 2.40. The van der Waals surface area contributed by atoms with Gasteiger partial charge in [-0.25, -0.2) is 0 Å². The highest BCUT2D eigenvalue weighted by Crippen LogP contribution is 2.31. The van der Waals surface area contributed by atoms with Crippen LogP contribution in [0.25, 0.3) is 0 Å². The van der Waals surface area contributed by atoms with Crippen molar-refractivity contribution >= 4 is 11.6 Å². The van der Waals surface area contributed by atoms with Gasteiger partial charge < -0.3 is 14.6 Å². The van der Waals surface area contributed by atoms with E-state index in [9.17, 15) is 5.11 Å². The second kappa shape index (κ2) is 6.66. The van der Waals surface area contributed by atoms with Crippen molar-refractivity contribution in [1.82, 2.24) is 4.98 Å². The maximum atomic E-state index is 10.6. The summed E-state index contributed by atoms with van der Waals surface area (Å²) in [6.45, 7) is 3.78. The van der Waals surface area contributed by atoms with Crippen LogP contribution >= 0.6 is 11.6 Å². The quantitative estimate of drug-likeness (QED) is 0.901. The molecule has 1 aliphatic rings. The summed E-state index contributed by atoms with van der Waals surface area (Å²) in [6, 6.07) is 1.84. The van der Waals surface area contributed by atoms with Crippen LogP contribution in [0.1, 0.15) is 25.3 Å². The van der Waals surface area contributed by atoms with Gasteiger partial charge in [-0.2, -0.15) is 0 Å². The summed E-state index contributed by atoms with van der Waals surface area (Å²) in [5.74, 6) is 0. The summed E-state index contributed by atoms with van der Waals surface area (Å²) in [5, 5.41) is 11.2. The van der Waals surface area contributed by atoms with Crippen molar-refractivity contribution in [3.63, 3.8) is 0 Å².